The van der Waals surface area contributed by atoms with Crippen molar-refractivity contribution in [1.29, 1.82) is 0 Å². The predicted octanol–water partition coefficient (Wildman–Crippen LogP) is 3.79. The van der Waals surface area contributed by atoms with Gasteiger partial charge in [0.05, 0.1) is 10.8 Å². The van der Waals surface area contributed by atoms with E-state index in [4.69, 9.17) is 0 Å². The number of thiazole rings is 1. The van der Waals surface area contributed by atoms with Crippen molar-refractivity contribution in [1.82, 2.24) is 0 Å². The number of fused-ring (bicyclic) bond motifs is 1. The van der Waals surface area contributed by atoms with Gasteiger partial charge in [0.2, 0.25) is 10.7 Å². The molecule has 1 nitrogen and oxygen atoms in total. The third-order valence-corrected chi connectivity index (χ3v) is 4.06. The summed E-state index contributed by atoms with van der Waals surface area (Å²) in [6.45, 7) is 4.32. The quantitative estimate of drug-likeness (QED) is 0.570. The Labute approximate surface area is 105 Å². The summed E-state index contributed by atoms with van der Waals surface area (Å²) in [6.07, 6.45) is 0. The van der Waals surface area contributed by atoms with E-state index in [1.165, 1.54) is 27.2 Å². The second-order valence-corrected chi connectivity index (χ2v) is 5.29. The smallest absolute Gasteiger partial charge is 0.152 e. The summed E-state index contributed by atoms with van der Waals surface area (Å²) in [7, 11) is 0. The summed E-state index contributed by atoms with van der Waals surface area (Å²) >= 11 is 1.80. The minimum Gasteiger partial charge on any atom is -0.152 e. The largest absolute Gasteiger partial charge is 0.240 e. The lowest BCUT2D eigenvalue weighted by molar-refractivity contribution is -0.602. The van der Waals surface area contributed by atoms with Crippen LogP contribution in [-0.2, 0) is 0 Å². The standard InChI is InChI=1S/C15H14NS/c1-11-10-17-12(2)16(11)15-9-5-7-13-6-3-4-8-14(13)15/h3-10H,1-2H3/q+1. The van der Waals surface area contributed by atoms with E-state index in [1.54, 1.807) is 11.3 Å². The number of aromatic nitrogens is 1. The number of nitrogens with zero attached hydrogens (tertiary/aromatic N) is 1. The van der Waals surface area contributed by atoms with Crippen LogP contribution in [0.1, 0.15) is 10.7 Å². The molecule has 0 aliphatic carbocycles. The van der Waals surface area contributed by atoms with Gasteiger partial charge in [0, 0.05) is 19.9 Å². The first-order chi connectivity index (χ1) is 8.27. The van der Waals surface area contributed by atoms with Gasteiger partial charge in [-0.25, -0.2) is 0 Å². The Balaban J connectivity index is 2.38. The fraction of sp³-hybridized carbons (Fsp3) is 0.133. The molecule has 84 valence electrons. The van der Waals surface area contributed by atoms with Crippen molar-refractivity contribution in [3.63, 3.8) is 0 Å². The summed E-state index contributed by atoms with van der Waals surface area (Å²) < 4.78 is 2.33. The van der Waals surface area contributed by atoms with E-state index in [9.17, 15) is 0 Å². The maximum Gasteiger partial charge on any atom is 0.240 e. The summed E-state index contributed by atoms with van der Waals surface area (Å²) in [6, 6.07) is 15.0. The summed E-state index contributed by atoms with van der Waals surface area (Å²) in [5.41, 5.74) is 2.57. The molecule has 2 aromatic carbocycles. The Kier molecular flexibility index (Phi) is 2.45. The van der Waals surface area contributed by atoms with Crippen LogP contribution in [0.3, 0.4) is 0 Å². The normalized spacial score (nSPS) is 10.9. The van der Waals surface area contributed by atoms with Gasteiger partial charge in [-0.1, -0.05) is 41.7 Å². The first kappa shape index (κ1) is 10.5. The van der Waals surface area contributed by atoms with Crippen LogP contribution in [0.4, 0.5) is 0 Å². The van der Waals surface area contributed by atoms with Gasteiger partial charge >= 0.3 is 0 Å². The van der Waals surface area contributed by atoms with Crippen LogP contribution >= 0.6 is 11.3 Å². The minimum atomic E-state index is 1.28. The van der Waals surface area contributed by atoms with Gasteiger partial charge in [-0.3, -0.25) is 0 Å². The molecule has 2 heteroatoms. The third kappa shape index (κ3) is 1.65. The number of aryl methyl sites for hydroxylation is 2. The zero-order valence-electron chi connectivity index (χ0n) is 9.97. The van der Waals surface area contributed by atoms with Crippen LogP contribution in [0.2, 0.25) is 0 Å². The molecule has 1 aromatic heterocycles. The molecule has 0 saturated carbocycles. The van der Waals surface area contributed by atoms with E-state index in [-0.39, 0.29) is 0 Å². The zero-order chi connectivity index (χ0) is 11.8. The van der Waals surface area contributed by atoms with Crippen molar-refractivity contribution in [2.45, 2.75) is 13.8 Å². The number of hydrogen-bond donors (Lipinski definition) is 0. The average molecular weight is 240 g/mol. The van der Waals surface area contributed by atoms with Gasteiger partial charge < -0.3 is 0 Å². The lowest BCUT2D eigenvalue weighted by atomic mass is 10.1. The predicted molar refractivity (Wildman–Crippen MR) is 72.8 cm³/mol. The third-order valence-electron chi connectivity index (χ3n) is 3.08. The van der Waals surface area contributed by atoms with E-state index in [0.29, 0.717) is 0 Å². The van der Waals surface area contributed by atoms with Gasteiger partial charge in [0.25, 0.3) is 0 Å². The van der Waals surface area contributed by atoms with E-state index in [0.717, 1.165) is 0 Å². The highest BCUT2D eigenvalue weighted by molar-refractivity contribution is 7.09. The zero-order valence-corrected chi connectivity index (χ0v) is 10.8. The molecule has 0 spiro atoms. The van der Waals surface area contributed by atoms with Crippen molar-refractivity contribution in [3.8, 4) is 5.69 Å². The number of benzene rings is 2. The topological polar surface area (TPSA) is 3.88 Å². The van der Waals surface area contributed by atoms with Gasteiger partial charge in [0.1, 0.15) is 0 Å². The highest BCUT2D eigenvalue weighted by atomic mass is 32.1. The van der Waals surface area contributed by atoms with Crippen LogP contribution in [0, 0.1) is 13.8 Å². The van der Waals surface area contributed by atoms with E-state index >= 15 is 0 Å². The van der Waals surface area contributed by atoms with Crippen molar-refractivity contribution in [2.24, 2.45) is 0 Å². The monoisotopic (exact) mass is 240 g/mol. The van der Waals surface area contributed by atoms with Gasteiger partial charge in [0.15, 0.2) is 5.69 Å². The number of hydrogen-bond acceptors (Lipinski definition) is 1. The highest BCUT2D eigenvalue weighted by Crippen LogP contribution is 2.20. The van der Waals surface area contributed by atoms with Crippen molar-refractivity contribution >= 4 is 22.1 Å². The fourth-order valence-electron chi connectivity index (χ4n) is 2.29. The molecule has 3 aromatic rings. The van der Waals surface area contributed by atoms with Crippen LogP contribution in [0.25, 0.3) is 16.5 Å². The Morgan fingerprint density at radius 3 is 2.47 bits per heavy atom. The lowest BCUT2D eigenvalue weighted by Crippen LogP contribution is -2.34. The molecule has 0 aliphatic heterocycles. The molecule has 0 N–H and O–H groups in total. The molecule has 0 amide bonds. The van der Waals surface area contributed by atoms with Crippen LogP contribution in [-0.4, -0.2) is 0 Å². The molecule has 0 aliphatic rings. The van der Waals surface area contributed by atoms with Gasteiger partial charge in [-0.05, 0) is 11.5 Å². The maximum atomic E-state index is 2.33. The van der Waals surface area contributed by atoms with Crippen molar-refractivity contribution < 1.29 is 4.57 Å². The van der Waals surface area contributed by atoms with Crippen LogP contribution in [0.5, 0.6) is 0 Å². The Morgan fingerprint density at radius 2 is 1.71 bits per heavy atom. The van der Waals surface area contributed by atoms with Crippen LogP contribution < -0.4 is 4.57 Å². The Morgan fingerprint density at radius 1 is 0.941 bits per heavy atom. The minimum absolute atomic E-state index is 1.28. The summed E-state index contributed by atoms with van der Waals surface area (Å²) in [5.74, 6) is 0. The fourth-order valence-corrected chi connectivity index (χ4v) is 3.08. The second kappa shape index (κ2) is 3.97. The molecule has 0 bridgehead atoms. The molecule has 0 saturated heterocycles. The highest BCUT2D eigenvalue weighted by Gasteiger charge is 2.18. The average Bonchev–Trinajstić information content (AvgIpc) is 2.69. The molecule has 0 unspecified atom stereocenters. The lowest BCUT2D eigenvalue weighted by Gasteiger charge is -2.01. The Bertz CT molecular complexity index is 657. The van der Waals surface area contributed by atoms with E-state index in [2.05, 4.69) is 66.3 Å². The van der Waals surface area contributed by atoms with Crippen LogP contribution in [0.15, 0.2) is 47.8 Å². The van der Waals surface area contributed by atoms with Crippen molar-refractivity contribution in [3.05, 3.63) is 58.5 Å². The molecular formula is C15H14NS+. The first-order valence-electron chi connectivity index (χ1n) is 5.72. The molecular weight excluding hydrogens is 226 g/mol. The molecule has 0 atom stereocenters. The molecule has 0 fully saturated rings. The first-order valence-corrected chi connectivity index (χ1v) is 6.60. The number of rotatable bonds is 1. The molecule has 3 rings (SSSR count). The molecule has 1 heterocycles. The Hall–Kier alpha value is -1.67. The molecule has 17 heavy (non-hydrogen) atoms. The van der Waals surface area contributed by atoms with E-state index in [1.807, 2.05) is 0 Å². The second-order valence-electron chi connectivity index (χ2n) is 4.23. The SMILES string of the molecule is Cc1csc(C)[n+]1-c1cccc2ccccc12. The van der Waals surface area contributed by atoms with Gasteiger partial charge in [-0.15, -0.1) is 0 Å². The maximum absolute atomic E-state index is 2.33. The van der Waals surface area contributed by atoms with Gasteiger partial charge in [-0.2, -0.15) is 4.57 Å². The summed E-state index contributed by atoms with van der Waals surface area (Å²) in [5, 5.41) is 6.13. The molecule has 0 radical (unpaired) electrons. The summed E-state index contributed by atoms with van der Waals surface area (Å²) in [4.78, 5) is 0. The van der Waals surface area contributed by atoms with Crippen molar-refractivity contribution in [2.75, 3.05) is 0 Å². The van der Waals surface area contributed by atoms with E-state index < -0.39 is 0 Å².